The third kappa shape index (κ3) is 4.98. The van der Waals surface area contributed by atoms with Gasteiger partial charge < -0.3 is 14.3 Å². The molecule has 0 bridgehead atoms. The Morgan fingerprint density at radius 1 is 1.16 bits per heavy atom. The maximum atomic E-state index is 11.7. The number of aliphatic hydroxyl groups excluding tert-OH is 1. The van der Waals surface area contributed by atoms with Crippen LogP contribution in [-0.4, -0.2) is 33.1 Å². The van der Waals surface area contributed by atoms with Gasteiger partial charge in [-0.2, -0.15) is 0 Å². The zero-order chi connectivity index (χ0) is 21.8. The highest BCUT2D eigenvalue weighted by Crippen LogP contribution is 2.27. The van der Waals surface area contributed by atoms with Crippen LogP contribution < -0.4 is 10.1 Å². The minimum atomic E-state index is -0.930. The van der Waals surface area contributed by atoms with E-state index in [1.807, 2.05) is 49.4 Å². The van der Waals surface area contributed by atoms with Crippen molar-refractivity contribution in [1.29, 1.82) is 0 Å². The van der Waals surface area contributed by atoms with Crippen molar-refractivity contribution in [3.8, 4) is 17.2 Å². The zero-order valence-corrected chi connectivity index (χ0v) is 17.7. The summed E-state index contributed by atoms with van der Waals surface area (Å²) in [7, 11) is 0. The van der Waals surface area contributed by atoms with E-state index in [1.54, 1.807) is 12.1 Å². The summed E-state index contributed by atoms with van der Waals surface area (Å²) in [5.41, 5.74) is 2.25. The number of carbonyl (C=O) groups excluding carboxylic acids is 2. The van der Waals surface area contributed by atoms with Gasteiger partial charge in [-0.05, 0) is 36.2 Å². The molecule has 1 aliphatic heterocycles. The highest BCUT2D eigenvalue weighted by Gasteiger charge is 2.31. The number of aryl methyl sites for hydroxylation is 1. The summed E-state index contributed by atoms with van der Waals surface area (Å²) < 4.78 is 11.6. The summed E-state index contributed by atoms with van der Waals surface area (Å²) in [5, 5.41) is 12.2. The number of oxazole rings is 1. The van der Waals surface area contributed by atoms with Crippen LogP contribution in [0.4, 0.5) is 4.79 Å². The number of nitrogens with zero attached hydrogens (tertiary/aromatic N) is 1. The molecule has 31 heavy (non-hydrogen) atoms. The number of imide groups is 1. The molecule has 2 unspecified atom stereocenters. The van der Waals surface area contributed by atoms with Gasteiger partial charge in [-0.1, -0.05) is 49.0 Å². The van der Waals surface area contributed by atoms with Gasteiger partial charge in [0, 0.05) is 12.0 Å². The van der Waals surface area contributed by atoms with Crippen molar-refractivity contribution in [3.63, 3.8) is 0 Å². The minimum Gasteiger partial charge on any atom is -0.490 e. The zero-order valence-electron chi connectivity index (χ0n) is 16.9. The van der Waals surface area contributed by atoms with Gasteiger partial charge >= 0.3 is 0 Å². The molecule has 0 aliphatic carbocycles. The summed E-state index contributed by atoms with van der Waals surface area (Å²) in [6.07, 6.45) is 0.142. The first-order valence-electron chi connectivity index (χ1n) is 9.99. The number of benzene rings is 2. The molecule has 2 N–H and O–H groups in total. The molecule has 2 heterocycles. The fourth-order valence-electron chi connectivity index (χ4n) is 3.30. The fraction of sp³-hybridized carbons (Fsp3) is 0.261. The number of hydrogen-bond acceptors (Lipinski definition) is 7. The number of aromatic nitrogens is 1. The lowest BCUT2D eigenvalue weighted by Gasteiger charge is -2.12. The van der Waals surface area contributed by atoms with E-state index in [-0.39, 0.29) is 17.8 Å². The van der Waals surface area contributed by atoms with Crippen LogP contribution in [0.25, 0.3) is 11.5 Å². The number of nitrogens with one attached hydrogen (secondary N) is 1. The number of rotatable bonds is 8. The van der Waals surface area contributed by atoms with Crippen LogP contribution in [0.1, 0.15) is 30.0 Å². The molecular weight excluding hydrogens is 416 g/mol. The lowest BCUT2D eigenvalue weighted by Crippen LogP contribution is -2.25. The molecule has 8 heteroatoms. The molecule has 0 spiro atoms. The van der Waals surface area contributed by atoms with Crippen molar-refractivity contribution in [2.75, 3.05) is 6.61 Å². The van der Waals surface area contributed by atoms with E-state index in [4.69, 9.17) is 9.15 Å². The van der Waals surface area contributed by atoms with Crippen molar-refractivity contribution in [2.24, 2.45) is 0 Å². The lowest BCUT2D eigenvalue weighted by atomic mass is 10.1. The summed E-state index contributed by atoms with van der Waals surface area (Å²) in [4.78, 5) is 27.5. The second kappa shape index (κ2) is 9.36. The largest absolute Gasteiger partial charge is 0.490 e. The van der Waals surface area contributed by atoms with E-state index >= 15 is 0 Å². The molecule has 4 rings (SSSR count). The van der Waals surface area contributed by atoms with E-state index in [9.17, 15) is 14.7 Å². The monoisotopic (exact) mass is 438 g/mol. The van der Waals surface area contributed by atoms with Crippen LogP contribution in [0.3, 0.4) is 0 Å². The predicted octanol–water partition coefficient (Wildman–Crippen LogP) is 3.91. The van der Waals surface area contributed by atoms with Crippen LogP contribution >= 0.6 is 11.8 Å². The second-order valence-electron chi connectivity index (χ2n) is 7.11. The Balaban J connectivity index is 1.37. The smallest absolute Gasteiger partial charge is 0.286 e. The highest BCUT2D eigenvalue weighted by atomic mass is 32.2. The number of carbonyl (C=O) groups is 2. The van der Waals surface area contributed by atoms with E-state index in [2.05, 4.69) is 10.3 Å². The highest BCUT2D eigenvalue weighted by molar-refractivity contribution is 8.15. The Morgan fingerprint density at radius 3 is 2.55 bits per heavy atom. The molecule has 1 aliphatic rings. The molecule has 1 aromatic heterocycles. The normalized spacial score (nSPS) is 16.9. The molecular formula is C23H22N2O5S. The second-order valence-corrected chi connectivity index (χ2v) is 8.28. The van der Waals surface area contributed by atoms with Crippen LogP contribution in [0.2, 0.25) is 0 Å². The number of amides is 2. The van der Waals surface area contributed by atoms with Gasteiger partial charge in [0.05, 0.1) is 5.25 Å². The Morgan fingerprint density at radius 2 is 1.90 bits per heavy atom. The first-order valence-corrected chi connectivity index (χ1v) is 10.9. The number of ether oxygens (including phenoxy) is 1. The third-order valence-corrected chi connectivity index (χ3v) is 5.89. The number of aliphatic hydroxyl groups is 1. The fourth-order valence-corrected chi connectivity index (χ4v) is 4.16. The molecule has 7 nitrogen and oxygen atoms in total. The van der Waals surface area contributed by atoms with Gasteiger partial charge in [0.15, 0.2) is 0 Å². The molecule has 1 saturated heterocycles. The van der Waals surface area contributed by atoms with Crippen molar-refractivity contribution in [2.45, 2.75) is 31.1 Å². The molecule has 2 aromatic carbocycles. The Kier molecular flexibility index (Phi) is 6.39. The van der Waals surface area contributed by atoms with Gasteiger partial charge in [-0.3, -0.25) is 14.9 Å². The maximum Gasteiger partial charge on any atom is 0.286 e. The third-order valence-electron chi connectivity index (χ3n) is 4.90. The van der Waals surface area contributed by atoms with Crippen molar-refractivity contribution < 1.29 is 23.8 Å². The van der Waals surface area contributed by atoms with E-state index < -0.39 is 11.4 Å². The Labute approximate surface area is 183 Å². The molecule has 2 amide bonds. The van der Waals surface area contributed by atoms with Gasteiger partial charge in [0.25, 0.3) is 5.24 Å². The van der Waals surface area contributed by atoms with E-state index in [0.717, 1.165) is 22.9 Å². The van der Waals surface area contributed by atoms with Gasteiger partial charge in [-0.25, -0.2) is 4.98 Å². The van der Waals surface area contributed by atoms with Gasteiger partial charge in [0.2, 0.25) is 11.8 Å². The molecule has 1 fully saturated rings. The number of hydrogen-bond donors (Lipinski definition) is 2. The maximum absolute atomic E-state index is 11.7. The van der Waals surface area contributed by atoms with Crippen molar-refractivity contribution in [1.82, 2.24) is 10.3 Å². The van der Waals surface area contributed by atoms with Crippen molar-refractivity contribution in [3.05, 3.63) is 71.6 Å². The average Bonchev–Trinajstić information content (AvgIpc) is 3.36. The van der Waals surface area contributed by atoms with Crippen LogP contribution in [-0.2, 0) is 17.6 Å². The quantitative estimate of drug-likeness (QED) is 0.550. The topological polar surface area (TPSA) is 102 Å². The minimum absolute atomic E-state index is 0.0303. The Hall–Kier alpha value is -3.10. The molecule has 0 saturated carbocycles. The summed E-state index contributed by atoms with van der Waals surface area (Å²) in [6, 6.07) is 16.8. The van der Waals surface area contributed by atoms with Crippen LogP contribution in [0.5, 0.6) is 5.75 Å². The average molecular weight is 439 g/mol. The molecule has 160 valence electrons. The predicted molar refractivity (Wildman–Crippen MR) is 117 cm³/mol. The van der Waals surface area contributed by atoms with Gasteiger partial charge in [-0.15, -0.1) is 0 Å². The summed E-state index contributed by atoms with van der Waals surface area (Å²) in [6.45, 7) is 1.98. The van der Waals surface area contributed by atoms with Crippen molar-refractivity contribution >= 4 is 22.9 Å². The molecule has 0 radical (unpaired) electrons. The van der Waals surface area contributed by atoms with Crippen LogP contribution in [0, 0.1) is 0 Å². The number of thioether (sulfide) groups is 1. The first-order chi connectivity index (χ1) is 15.0. The SMILES string of the molecule is CCc1oc(-c2ccccc2)nc1C(O)COc1ccc(CC2SC(=O)NC2=O)cc1. The molecule has 2 atom stereocenters. The Bertz CT molecular complexity index is 1070. The summed E-state index contributed by atoms with van der Waals surface area (Å²) >= 11 is 1.01. The van der Waals surface area contributed by atoms with Crippen LogP contribution in [0.15, 0.2) is 59.0 Å². The molecule has 3 aromatic rings. The van der Waals surface area contributed by atoms with E-state index in [1.165, 1.54) is 0 Å². The van der Waals surface area contributed by atoms with E-state index in [0.29, 0.717) is 35.9 Å². The lowest BCUT2D eigenvalue weighted by molar-refractivity contribution is -0.118. The van der Waals surface area contributed by atoms with Gasteiger partial charge in [0.1, 0.15) is 29.9 Å². The first kappa shape index (κ1) is 21.1. The standard InChI is InChI=1S/C23H22N2O5S/c1-2-18-20(24-22(30-18)15-6-4-3-5-7-15)17(26)13-29-16-10-8-14(9-11-16)12-19-21(27)25-23(28)31-19/h3-11,17,19,26H,2,12-13H2,1H3,(H,25,27,28). The summed E-state index contributed by atoms with van der Waals surface area (Å²) in [5.74, 6) is 1.44.